The molecule has 11 saturated heterocycles. The van der Waals surface area contributed by atoms with Crippen LogP contribution in [0.3, 0.4) is 0 Å². The van der Waals surface area contributed by atoms with E-state index in [0.29, 0.717) is 0 Å². The van der Waals surface area contributed by atoms with Crippen molar-refractivity contribution >= 4 is 65.3 Å². The highest BCUT2D eigenvalue weighted by Crippen LogP contribution is 2.43. The van der Waals surface area contributed by atoms with E-state index in [1.54, 1.807) is 0 Å². The normalized spacial score (nSPS) is 46.6. The fourth-order valence-electron chi connectivity index (χ4n) is 18.2. The Labute approximate surface area is 813 Å². The summed E-state index contributed by atoms with van der Waals surface area (Å²) in [5.74, 6) is -16.8. The van der Waals surface area contributed by atoms with Crippen LogP contribution in [0.4, 0.5) is 0 Å². The van der Waals surface area contributed by atoms with Gasteiger partial charge in [-0.2, -0.15) is 0 Å². The molecule has 35 N–H and O–H groups in total. The highest BCUT2D eigenvalue weighted by molar-refractivity contribution is 5.78. The van der Waals surface area contributed by atoms with Crippen molar-refractivity contribution in [3.8, 4) is 0 Å². The molecule has 55 atom stereocenters. The van der Waals surface area contributed by atoms with Gasteiger partial charge in [0.05, 0.1) is 39.6 Å². The molecule has 0 aromatic rings. The minimum atomic E-state index is -2.77. The second-order valence-electron chi connectivity index (χ2n) is 35.4. The summed E-state index contributed by atoms with van der Waals surface area (Å²) < 4.78 is 120. The van der Waals surface area contributed by atoms with Crippen molar-refractivity contribution < 1.29 is 300 Å². The van der Waals surface area contributed by atoms with Crippen LogP contribution in [0, 0.1) is 0 Å². The zero-order valence-electron chi connectivity index (χ0n) is 76.5. The molecule has 828 valence electrons. The predicted molar refractivity (Wildman–Crippen MR) is 435 cm³/mol. The van der Waals surface area contributed by atoms with E-state index in [0.717, 1.165) is 41.5 Å². The average Bonchev–Trinajstić information content (AvgIpc) is 0.759. The Kier molecular flexibility index (Phi) is 40.6. The predicted octanol–water partition coefficient (Wildman–Crippen LogP) is -23.7. The molecular formula is C78H120N6O61. The van der Waals surface area contributed by atoms with Crippen LogP contribution in [0.1, 0.15) is 41.5 Å². The second kappa shape index (κ2) is 50.1. The molecule has 11 heterocycles. The van der Waals surface area contributed by atoms with Crippen LogP contribution in [0.5, 0.6) is 0 Å². The molecule has 11 aliphatic heterocycles. The minimum Gasteiger partial charge on any atom is -0.479 e. The maximum absolute atomic E-state index is 13.5. The number of aliphatic carboxylic acids is 5. The standard InChI is InChI=1S/C78H120N6O61/c1-13(91)79-25-37(103)31(97)19(7-85)126-69(25)136-53-38(104)44(110)75(142-58(53)63(114)115)132-49-27(81-15(3)93)71(128-21(9-87)33(49)99)138-55-40(106)46(112)77(144-60(55)65(118)119)134-51-29(83-17(5)95)73(130-23(11-89)35(51)101)140-57-42(108)47(113)78(145-62(57)67(122)123)135-52-30(84-18(6)96)72(129-24(12-90)36(52)102)139-56-41(107)45(111)76(143-61(56)66(120)121)133-50-28(82-16(4)94)70(127-22(10-88)34(50)100)137-54-39(105)43(109)74(141-59(54)64(116)117)131-48-26(80-14(2)92)68(124)125-20(8-86)32(48)98/h19-62,68-78,85-90,97-113,124H,7-12H2,1-6H3,(H,79,91)(H,80,92)(H,81,93)(H,82,94)(H,83,95)(H,84,96)(H,114,115)(H,116,117)(H,118,119)(H,120,121)(H,122,123)/t19-,20-,21-,22-,23-,24-,25-,26-,27-,28-,29-,30-,31+,32+,33+,34+,35+,36+,37-,38-,39-,40+,41-,42-,43-,44-,45-,46-,47-,48-,49-,50-,51-,52-,53+,54+,55+,56+,57+,58+,59+,60+,61+,62+,68-,69+,70+,71+,72+,73+,74-,75-,76-,77-,78-/m1/s1. The Morgan fingerprint density at radius 1 is 0.186 bits per heavy atom. The van der Waals surface area contributed by atoms with Gasteiger partial charge in [-0.25, -0.2) is 24.0 Å². The van der Waals surface area contributed by atoms with Crippen molar-refractivity contribution in [2.75, 3.05) is 39.6 Å². The zero-order valence-corrected chi connectivity index (χ0v) is 76.5. The summed E-state index contributed by atoms with van der Waals surface area (Å²) in [5.41, 5.74) is 0. The Hall–Kier alpha value is -7.63. The first-order valence-electron chi connectivity index (χ1n) is 44.6. The number of aliphatic hydroxyl groups is 24. The van der Waals surface area contributed by atoms with Gasteiger partial charge in [-0.05, 0) is 0 Å². The lowest BCUT2D eigenvalue weighted by Crippen LogP contribution is -2.72. The van der Waals surface area contributed by atoms with E-state index in [2.05, 4.69) is 31.9 Å². The maximum Gasteiger partial charge on any atom is 0.335 e. The maximum atomic E-state index is 13.5. The highest BCUT2D eigenvalue weighted by atomic mass is 16.8. The summed E-state index contributed by atoms with van der Waals surface area (Å²) >= 11 is 0. The zero-order chi connectivity index (χ0) is 107. The highest BCUT2D eigenvalue weighted by Gasteiger charge is 2.65. The molecule has 0 aromatic carbocycles. The molecule has 0 aromatic heterocycles. The van der Waals surface area contributed by atoms with Crippen molar-refractivity contribution in [1.82, 2.24) is 31.9 Å². The number of carbonyl (C=O) groups is 11. The molecule has 11 fully saturated rings. The Balaban J connectivity index is 0.784. The second-order valence-corrected chi connectivity index (χ2v) is 35.4. The van der Waals surface area contributed by atoms with Crippen molar-refractivity contribution in [3.05, 3.63) is 0 Å². The van der Waals surface area contributed by atoms with Gasteiger partial charge in [-0.3, -0.25) is 28.8 Å². The molecule has 11 aliphatic rings. The largest absolute Gasteiger partial charge is 0.479 e. The van der Waals surface area contributed by atoms with Crippen molar-refractivity contribution in [3.63, 3.8) is 0 Å². The lowest BCUT2D eigenvalue weighted by Gasteiger charge is -2.51. The first kappa shape index (κ1) is 118. The van der Waals surface area contributed by atoms with Gasteiger partial charge in [0.15, 0.2) is 99.7 Å². The van der Waals surface area contributed by atoms with Crippen LogP contribution in [0.15, 0.2) is 0 Å². The lowest BCUT2D eigenvalue weighted by atomic mass is 9.93. The van der Waals surface area contributed by atoms with Gasteiger partial charge in [-0.1, -0.05) is 0 Å². The van der Waals surface area contributed by atoms with E-state index >= 15 is 0 Å². The molecule has 6 amide bonds. The van der Waals surface area contributed by atoms with Crippen LogP contribution < -0.4 is 31.9 Å². The molecule has 67 heteroatoms. The Morgan fingerprint density at radius 3 is 0.531 bits per heavy atom. The number of hydrogen-bond acceptors (Lipinski definition) is 56. The number of nitrogens with one attached hydrogen (secondary N) is 6. The van der Waals surface area contributed by atoms with Crippen molar-refractivity contribution in [2.45, 2.75) is 379 Å². The number of ether oxygens (including phenoxy) is 21. The van der Waals surface area contributed by atoms with E-state index in [-0.39, 0.29) is 0 Å². The van der Waals surface area contributed by atoms with Crippen molar-refractivity contribution in [1.29, 1.82) is 0 Å². The van der Waals surface area contributed by atoms with Gasteiger partial charge in [0.1, 0.15) is 238 Å². The summed E-state index contributed by atoms with van der Waals surface area (Å²) in [7, 11) is 0. The van der Waals surface area contributed by atoms with Gasteiger partial charge in [0.2, 0.25) is 35.4 Å². The SMILES string of the molecule is CC(=O)N[C@@H]1[C@@H](O[C@@H]2O[C@H](C(=O)O)[C@@H](O[C@@H]3O[C@H](CO)[C@H](O)[C@H](O[C@@H]4O[C@H](C(=O)O)[C@@H](O[C@@H]5O[C@H](CO)[C@H](O)[C@H](O[C@@H]6O[C@H](C(=O)O)[C@@H](O[C@@H]7O[C@H](CO)[C@H](O)[C@H](O[C@@H]8O[C@H](C(=O)O)[C@@H](O[C@@H]9O[C@H](CO)[C@H](O)[C@H](O[C@@H]%10O[C@H](C(=O)O)[C@@H](O[C@@H]%11O[C@H](CO)[C@H](O)[C@H](O)[C@H]%11NC(C)=O)[C@H](O)[C@H]%10O)[C@H]9NC(C)=O)[C@@H](O)[C@H]8O)[C@H]7NC(C)=O)[C@H](O)[C@H]6O)[C@H]5NC(C)=O)[C@H](O)[C@H]4O)[C@H]3NC(C)=O)[C@H](O)[C@H]2O)[C@@H](O)[C@@H](CO)O[C@H]1O. The summed E-state index contributed by atoms with van der Waals surface area (Å²) in [4.78, 5) is 143. The fraction of sp³-hybridized carbons (Fsp3) is 0.859. The first-order valence-corrected chi connectivity index (χ1v) is 44.6. The number of carboxylic acids is 5. The topological polar surface area (TPSA) is 1040 Å². The van der Waals surface area contributed by atoms with Gasteiger partial charge in [0.25, 0.3) is 0 Å². The monoisotopic (exact) mass is 2120 g/mol. The molecule has 0 saturated carbocycles. The van der Waals surface area contributed by atoms with E-state index in [4.69, 9.17) is 99.5 Å². The molecule has 0 bridgehead atoms. The van der Waals surface area contributed by atoms with Gasteiger partial charge in [0, 0.05) is 41.5 Å². The molecular weight excluding hydrogens is 2000 g/mol. The average molecular weight is 2120 g/mol. The third-order valence-corrected chi connectivity index (χ3v) is 25.2. The number of carbonyl (C=O) groups excluding carboxylic acids is 6. The molecule has 0 unspecified atom stereocenters. The number of aliphatic hydroxyl groups excluding tert-OH is 24. The number of hydrogen-bond donors (Lipinski definition) is 35. The van der Waals surface area contributed by atoms with E-state index < -0.39 is 442 Å². The van der Waals surface area contributed by atoms with Crippen molar-refractivity contribution in [2.24, 2.45) is 0 Å². The van der Waals surface area contributed by atoms with Gasteiger partial charge in [-0.15, -0.1) is 0 Å². The third-order valence-electron chi connectivity index (χ3n) is 25.2. The van der Waals surface area contributed by atoms with Crippen LogP contribution >= 0.6 is 0 Å². The Bertz CT molecular complexity index is 4320. The number of rotatable bonds is 37. The summed E-state index contributed by atoms with van der Waals surface area (Å²) in [6.45, 7) is -2.09. The van der Waals surface area contributed by atoms with E-state index in [1.165, 1.54) is 0 Å². The third kappa shape index (κ3) is 25.9. The molecule has 11 rings (SSSR count). The molecule has 67 nitrogen and oxygen atoms in total. The fourth-order valence-corrected chi connectivity index (χ4v) is 18.2. The summed E-state index contributed by atoms with van der Waals surface area (Å²) in [6, 6.07) is -12.3. The molecule has 0 radical (unpaired) electrons. The van der Waals surface area contributed by atoms with Crippen LogP contribution in [-0.4, -0.2) is 590 Å². The first-order chi connectivity index (χ1) is 68.2. The van der Waals surface area contributed by atoms with Crippen LogP contribution in [0.2, 0.25) is 0 Å². The summed E-state index contributed by atoms with van der Waals surface area (Å²) in [5, 5.41) is 337. The molecule has 0 spiro atoms. The Morgan fingerprint density at radius 2 is 0.345 bits per heavy atom. The molecule has 145 heavy (non-hydrogen) atoms. The van der Waals surface area contributed by atoms with E-state index in [1.807, 2.05) is 0 Å². The quantitative estimate of drug-likeness (QED) is 0.0275. The number of carboxylic acid groups (broad SMARTS) is 5. The smallest absolute Gasteiger partial charge is 0.335 e. The van der Waals surface area contributed by atoms with Gasteiger partial charge < -0.3 is 279 Å². The van der Waals surface area contributed by atoms with Crippen LogP contribution in [-0.2, 0) is 152 Å². The lowest BCUT2D eigenvalue weighted by molar-refractivity contribution is -0.382. The molecule has 0 aliphatic carbocycles. The van der Waals surface area contributed by atoms with E-state index in [9.17, 15) is 201 Å². The summed E-state index contributed by atoms with van der Waals surface area (Å²) in [6.07, 6.45) is -117. The van der Waals surface area contributed by atoms with Crippen LogP contribution in [0.25, 0.3) is 0 Å². The minimum absolute atomic E-state index is 0.785. The van der Waals surface area contributed by atoms with Gasteiger partial charge >= 0.3 is 29.8 Å². The number of amides is 6.